The topological polar surface area (TPSA) is 101 Å². The number of rotatable bonds is 6. The highest BCUT2D eigenvalue weighted by Gasteiger charge is 2.18. The van der Waals surface area contributed by atoms with Crippen LogP contribution in [0.25, 0.3) is 0 Å². The summed E-state index contributed by atoms with van der Waals surface area (Å²) >= 11 is 0. The largest absolute Gasteiger partial charge is 0.463 e. The summed E-state index contributed by atoms with van der Waals surface area (Å²) < 4.78 is 10.6. The van der Waals surface area contributed by atoms with Gasteiger partial charge in [-0.1, -0.05) is 13.8 Å². The number of nitrogens with two attached hydrogens (primary N) is 1. The van der Waals surface area contributed by atoms with Gasteiger partial charge in [0.2, 0.25) is 0 Å². The molecule has 0 aliphatic carbocycles. The second-order valence-electron chi connectivity index (χ2n) is 4.82. The number of esters is 2. The Balaban J connectivity index is 2.65. The van der Waals surface area contributed by atoms with Gasteiger partial charge in [0.05, 0.1) is 12.1 Å². The minimum absolute atomic E-state index is 0.0119. The van der Waals surface area contributed by atoms with E-state index in [4.69, 9.17) is 10.5 Å². The van der Waals surface area contributed by atoms with Crippen LogP contribution in [0.1, 0.15) is 24.2 Å². The average molecular weight is 295 g/mol. The number of hydrogen-bond acceptors (Lipinski definition) is 6. The standard InChI is InChI=1S/C14H19N2O5/c1-9(2)12(15)14(19)21-7-6-16-8-10(13(18)20-3)4-5-11(16)17/h4-5,8-9,12H,3,6-7,15H2,1-2H3/t12-/m0/s1. The molecule has 1 rings (SSSR count). The second-order valence-corrected chi connectivity index (χ2v) is 4.82. The third kappa shape index (κ3) is 4.71. The van der Waals surface area contributed by atoms with E-state index >= 15 is 0 Å². The van der Waals surface area contributed by atoms with Gasteiger partial charge in [0.25, 0.3) is 5.56 Å². The summed E-state index contributed by atoms with van der Waals surface area (Å²) in [6.07, 6.45) is 1.33. The van der Waals surface area contributed by atoms with Crippen molar-refractivity contribution in [3.05, 3.63) is 41.4 Å². The normalized spacial score (nSPS) is 12.0. The summed E-state index contributed by atoms with van der Waals surface area (Å²) in [5.41, 5.74) is 5.51. The molecule has 0 aliphatic rings. The molecule has 0 saturated carbocycles. The first-order chi connectivity index (χ1) is 9.86. The predicted molar refractivity (Wildman–Crippen MR) is 75.2 cm³/mol. The first kappa shape index (κ1) is 16.9. The lowest BCUT2D eigenvalue weighted by atomic mass is 10.1. The zero-order chi connectivity index (χ0) is 16.0. The number of pyridine rings is 1. The van der Waals surface area contributed by atoms with Gasteiger partial charge in [-0.3, -0.25) is 9.59 Å². The quantitative estimate of drug-likeness (QED) is 0.759. The monoisotopic (exact) mass is 295 g/mol. The molecule has 1 aromatic rings. The van der Waals surface area contributed by atoms with Crippen LogP contribution in [-0.2, 0) is 20.8 Å². The third-order valence-corrected chi connectivity index (χ3v) is 2.92. The van der Waals surface area contributed by atoms with Gasteiger partial charge < -0.3 is 19.8 Å². The van der Waals surface area contributed by atoms with E-state index in [-0.39, 0.29) is 30.2 Å². The van der Waals surface area contributed by atoms with Crippen molar-refractivity contribution in [1.82, 2.24) is 4.57 Å². The SMILES string of the molecule is [CH2]OC(=O)c1ccc(=O)n(CCOC(=O)[C@@H](N)C(C)C)c1. The Labute approximate surface area is 122 Å². The maximum Gasteiger partial charge on any atom is 0.339 e. The Bertz CT molecular complexity index is 565. The molecule has 0 unspecified atom stereocenters. The first-order valence-electron chi connectivity index (χ1n) is 6.46. The molecule has 7 nitrogen and oxygen atoms in total. The van der Waals surface area contributed by atoms with E-state index in [1.54, 1.807) is 0 Å². The van der Waals surface area contributed by atoms with Crippen LogP contribution in [0.5, 0.6) is 0 Å². The molecule has 0 fully saturated rings. The zero-order valence-electron chi connectivity index (χ0n) is 12.1. The molecule has 21 heavy (non-hydrogen) atoms. The smallest absolute Gasteiger partial charge is 0.339 e. The van der Waals surface area contributed by atoms with Crippen molar-refractivity contribution < 1.29 is 19.1 Å². The highest BCUT2D eigenvalue weighted by Crippen LogP contribution is 2.01. The minimum atomic E-state index is -0.700. The Morgan fingerprint density at radius 3 is 2.62 bits per heavy atom. The number of carbonyl (C=O) groups excluding carboxylic acids is 2. The van der Waals surface area contributed by atoms with Gasteiger partial charge in [-0.05, 0) is 12.0 Å². The number of hydrogen-bond donors (Lipinski definition) is 1. The molecule has 1 radical (unpaired) electrons. The Morgan fingerprint density at radius 1 is 1.38 bits per heavy atom. The molecular weight excluding hydrogens is 276 g/mol. The van der Waals surface area contributed by atoms with E-state index < -0.39 is 18.0 Å². The van der Waals surface area contributed by atoms with E-state index in [0.717, 1.165) is 0 Å². The summed E-state index contributed by atoms with van der Waals surface area (Å²) in [7, 11) is 3.02. The average Bonchev–Trinajstić information content (AvgIpc) is 2.47. The number of carbonyl (C=O) groups is 2. The fourth-order valence-electron chi connectivity index (χ4n) is 1.52. The van der Waals surface area contributed by atoms with Crippen LogP contribution in [0.2, 0.25) is 0 Å². The summed E-state index contributed by atoms with van der Waals surface area (Å²) in [5.74, 6) is -1.20. The minimum Gasteiger partial charge on any atom is -0.463 e. The molecule has 7 heteroatoms. The van der Waals surface area contributed by atoms with Crippen LogP contribution in [0.4, 0.5) is 0 Å². The van der Waals surface area contributed by atoms with E-state index in [2.05, 4.69) is 11.8 Å². The molecule has 0 saturated heterocycles. The number of nitrogens with zero attached hydrogens (tertiary/aromatic N) is 1. The van der Waals surface area contributed by atoms with Crippen molar-refractivity contribution in [3.8, 4) is 0 Å². The molecule has 1 heterocycles. The van der Waals surface area contributed by atoms with Crippen LogP contribution in [0.15, 0.2) is 23.1 Å². The van der Waals surface area contributed by atoms with E-state index in [9.17, 15) is 14.4 Å². The molecule has 0 aromatic carbocycles. The molecule has 0 bridgehead atoms. The fraction of sp³-hybridized carbons (Fsp3) is 0.429. The molecule has 1 aromatic heterocycles. The van der Waals surface area contributed by atoms with Crippen LogP contribution in [-0.4, -0.2) is 29.2 Å². The third-order valence-electron chi connectivity index (χ3n) is 2.92. The van der Waals surface area contributed by atoms with E-state index in [0.29, 0.717) is 0 Å². The van der Waals surface area contributed by atoms with Crippen LogP contribution in [0.3, 0.4) is 0 Å². The lowest BCUT2D eigenvalue weighted by Gasteiger charge is -2.14. The van der Waals surface area contributed by atoms with Gasteiger partial charge in [-0.15, -0.1) is 0 Å². The summed E-state index contributed by atoms with van der Waals surface area (Å²) in [4.78, 5) is 34.5. The highest BCUT2D eigenvalue weighted by atomic mass is 16.5. The maximum absolute atomic E-state index is 11.6. The van der Waals surface area contributed by atoms with Crippen LogP contribution < -0.4 is 11.3 Å². The lowest BCUT2D eigenvalue weighted by molar-refractivity contribution is -0.146. The summed E-state index contributed by atoms with van der Waals surface area (Å²) in [5, 5.41) is 0. The Morgan fingerprint density at radius 2 is 2.05 bits per heavy atom. The lowest BCUT2D eigenvalue weighted by Crippen LogP contribution is -2.37. The van der Waals surface area contributed by atoms with E-state index in [1.807, 2.05) is 13.8 Å². The summed E-state index contributed by atoms with van der Waals surface area (Å²) in [6.45, 7) is 3.73. The van der Waals surface area contributed by atoms with Gasteiger partial charge in [0, 0.05) is 12.3 Å². The summed E-state index contributed by atoms with van der Waals surface area (Å²) in [6, 6.07) is 1.87. The Hall–Kier alpha value is -2.15. The van der Waals surface area contributed by atoms with E-state index in [1.165, 1.54) is 22.9 Å². The van der Waals surface area contributed by atoms with Gasteiger partial charge in [-0.2, -0.15) is 0 Å². The van der Waals surface area contributed by atoms with Crippen molar-refractivity contribution in [2.75, 3.05) is 6.61 Å². The van der Waals surface area contributed by atoms with Gasteiger partial charge >= 0.3 is 11.9 Å². The van der Waals surface area contributed by atoms with Crippen molar-refractivity contribution in [3.63, 3.8) is 0 Å². The molecule has 0 aliphatic heterocycles. The molecule has 2 N–H and O–H groups in total. The molecule has 0 amide bonds. The Kier molecular flexibility index (Phi) is 6.10. The first-order valence-corrected chi connectivity index (χ1v) is 6.46. The van der Waals surface area contributed by atoms with Gasteiger partial charge in [-0.25, -0.2) is 4.79 Å². The van der Waals surface area contributed by atoms with Crippen LogP contribution in [0, 0.1) is 13.0 Å². The molecule has 115 valence electrons. The number of aromatic nitrogens is 1. The second kappa shape index (κ2) is 7.58. The van der Waals surface area contributed by atoms with Crippen molar-refractivity contribution in [2.45, 2.75) is 26.4 Å². The predicted octanol–water partition coefficient (Wildman–Crippen LogP) is 0.323. The molecular formula is C14H19N2O5. The van der Waals surface area contributed by atoms with Crippen molar-refractivity contribution in [1.29, 1.82) is 0 Å². The van der Waals surface area contributed by atoms with Crippen LogP contribution >= 0.6 is 0 Å². The maximum atomic E-state index is 11.6. The molecule has 1 atom stereocenters. The van der Waals surface area contributed by atoms with Gasteiger partial charge in [0.15, 0.2) is 0 Å². The highest BCUT2D eigenvalue weighted by molar-refractivity contribution is 5.89. The van der Waals surface area contributed by atoms with Crippen molar-refractivity contribution >= 4 is 11.9 Å². The zero-order valence-corrected chi connectivity index (χ0v) is 12.1. The number of ether oxygens (including phenoxy) is 2. The molecule has 0 spiro atoms. The van der Waals surface area contributed by atoms with Gasteiger partial charge in [0.1, 0.15) is 19.8 Å². The van der Waals surface area contributed by atoms with Crippen molar-refractivity contribution in [2.24, 2.45) is 11.7 Å². The fourth-order valence-corrected chi connectivity index (χ4v) is 1.52.